The molecule has 0 saturated heterocycles. The van der Waals surface area contributed by atoms with E-state index in [1.807, 2.05) is 12.1 Å². The Morgan fingerprint density at radius 2 is 2.12 bits per heavy atom. The summed E-state index contributed by atoms with van der Waals surface area (Å²) in [6.07, 6.45) is 4.65. The number of nitrogens with zero attached hydrogens (tertiary/aromatic N) is 1. The van der Waals surface area contributed by atoms with E-state index in [0.717, 1.165) is 42.2 Å². The predicted molar refractivity (Wildman–Crippen MR) is 106 cm³/mol. The van der Waals surface area contributed by atoms with E-state index in [2.05, 4.69) is 34.7 Å². The van der Waals surface area contributed by atoms with Crippen molar-refractivity contribution in [3.05, 3.63) is 29.3 Å². The average Bonchev–Trinajstić information content (AvgIpc) is 2.92. The normalized spacial score (nSPS) is 40.3. The van der Waals surface area contributed by atoms with Crippen molar-refractivity contribution < 1.29 is 15.4 Å². The lowest BCUT2D eigenvalue weighted by Gasteiger charge is -2.53. The second-order valence-electron chi connectivity index (χ2n) is 8.35. The molecule has 2 saturated carbocycles. The smallest absolute Gasteiger partial charge is 0.115 e. The van der Waals surface area contributed by atoms with Crippen molar-refractivity contribution in [2.45, 2.75) is 51.0 Å². The Balaban J connectivity index is 1.71. The largest absolute Gasteiger partial charge is 0.508 e. The molecule has 0 spiro atoms. The molecule has 6 atom stereocenters. The minimum Gasteiger partial charge on any atom is -0.508 e. The van der Waals surface area contributed by atoms with Crippen molar-refractivity contribution in [3.63, 3.8) is 0 Å². The van der Waals surface area contributed by atoms with Gasteiger partial charge in [-0.1, -0.05) is 40.7 Å². The number of oxime groups is 1. The number of phenols is 1. The highest BCUT2D eigenvalue weighted by Crippen LogP contribution is 2.63. The number of aliphatic hydroxyl groups excluding tert-OH is 1. The van der Waals surface area contributed by atoms with Crippen molar-refractivity contribution >= 4 is 28.3 Å². The summed E-state index contributed by atoms with van der Waals surface area (Å²) >= 11 is 2.28. The molecule has 0 aromatic heterocycles. The van der Waals surface area contributed by atoms with E-state index < -0.39 is 0 Å². The number of hydrogen-bond donors (Lipinski definition) is 3. The number of alkyl halides is 1. The number of aliphatic hydroxyl groups is 1. The van der Waals surface area contributed by atoms with Gasteiger partial charge in [-0.2, -0.15) is 0 Å². The monoisotopic (exact) mass is 455 g/mol. The third kappa shape index (κ3) is 2.60. The van der Waals surface area contributed by atoms with Gasteiger partial charge in [0.15, 0.2) is 0 Å². The first-order valence-corrected chi connectivity index (χ1v) is 10.8. The molecule has 3 aliphatic carbocycles. The summed E-state index contributed by atoms with van der Waals surface area (Å²) in [5.74, 6) is 1.81. The highest BCUT2D eigenvalue weighted by molar-refractivity contribution is 14.1. The molecule has 1 aromatic rings. The van der Waals surface area contributed by atoms with Crippen molar-refractivity contribution in [3.8, 4) is 5.75 Å². The molecule has 0 amide bonds. The number of hydrogen-bond acceptors (Lipinski definition) is 4. The van der Waals surface area contributed by atoms with Crippen LogP contribution in [-0.2, 0) is 6.42 Å². The number of benzene rings is 1. The van der Waals surface area contributed by atoms with Crippen LogP contribution in [0.3, 0.4) is 0 Å². The van der Waals surface area contributed by atoms with Crippen molar-refractivity contribution in [1.82, 2.24) is 0 Å². The number of halogens is 1. The van der Waals surface area contributed by atoms with Crippen molar-refractivity contribution in [1.29, 1.82) is 0 Å². The van der Waals surface area contributed by atoms with E-state index >= 15 is 0 Å². The standard InChI is InChI=1S/C20H26INO3/c1-20-9-18(24)19-13-5-3-12(23)8-11(13)2-4-14(19)15(20)6-7-16(20)17(10-21)22-25/h3,5,8,14-16,18-19,23-25H,2,4,6-7,9-10H2,1H3/b22-17-/t14?,15?,16?,18-,19?,20-/m0/s1. The topological polar surface area (TPSA) is 73.0 Å². The summed E-state index contributed by atoms with van der Waals surface area (Å²) in [4.78, 5) is 0. The quantitative estimate of drug-likeness (QED) is 0.207. The third-order valence-electron chi connectivity index (χ3n) is 7.35. The average molecular weight is 455 g/mol. The van der Waals surface area contributed by atoms with Gasteiger partial charge in [0.1, 0.15) is 5.75 Å². The number of rotatable bonds is 2. The molecule has 0 radical (unpaired) electrons. The number of aromatic hydroxyl groups is 1. The summed E-state index contributed by atoms with van der Waals surface area (Å²) in [5.41, 5.74) is 3.33. The van der Waals surface area contributed by atoms with Crippen LogP contribution in [-0.4, -0.2) is 31.7 Å². The maximum absolute atomic E-state index is 11.1. The Labute approximate surface area is 162 Å². The minimum absolute atomic E-state index is 0.0156. The Bertz CT molecular complexity index is 706. The SMILES string of the molecule is C[C@]12C[C@H](O)C3c4ccc(O)cc4CCC3C1CCC2/C(CI)=N\O. The molecule has 0 heterocycles. The molecular weight excluding hydrogens is 429 g/mol. The second kappa shape index (κ2) is 6.41. The lowest BCUT2D eigenvalue weighted by molar-refractivity contribution is -0.0458. The van der Waals surface area contributed by atoms with Gasteiger partial charge in [-0.25, -0.2) is 0 Å². The molecule has 4 unspecified atom stereocenters. The maximum atomic E-state index is 11.1. The van der Waals surface area contributed by atoms with Gasteiger partial charge in [0, 0.05) is 16.3 Å². The molecule has 5 heteroatoms. The Morgan fingerprint density at radius 3 is 2.84 bits per heavy atom. The Kier molecular flexibility index (Phi) is 4.51. The Hall–Kier alpha value is -0.820. The van der Waals surface area contributed by atoms with E-state index in [-0.39, 0.29) is 23.4 Å². The molecular formula is C20H26INO3. The van der Waals surface area contributed by atoms with Crippen molar-refractivity contribution in [2.24, 2.45) is 28.3 Å². The summed E-state index contributed by atoms with van der Waals surface area (Å²) < 4.78 is 0.744. The number of fused-ring (bicyclic) bond motifs is 5. The minimum atomic E-state index is -0.371. The van der Waals surface area contributed by atoms with Crippen LogP contribution in [0.15, 0.2) is 23.4 Å². The van der Waals surface area contributed by atoms with E-state index in [4.69, 9.17) is 0 Å². The summed E-state index contributed by atoms with van der Waals surface area (Å²) in [5, 5.41) is 33.9. The van der Waals surface area contributed by atoms with Crippen LogP contribution in [0.2, 0.25) is 0 Å². The molecule has 2 fully saturated rings. The van der Waals surface area contributed by atoms with Gasteiger partial charge in [0.25, 0.3) is 0 Å². The molecule has 4 rings (SSSR count). The summed E-state index contributed by atoms with van der Waals surface area (Å²) in [6.45, 7) is 2.30. The molecule has 4 nitrogen and oxygen atoms in total. The number of phenolic OH excluding ortho intramolecular Hbond substituents is 1. The zero-order valence-corrected chi connectivity index (χ0v) is 16.7. The van der Waals surface area contributed by atoms with Crippen LogP contribution in [0.25, 0.3) is 0 Å². The fourth-order valence-corrected chi connectivity index (χ4v) is 7.07. The zero-order chi connectivity index (χ0) is 17.8. The summed E-state index contributed by atoms with van der Waals surface area (Å²) in [6, 6.07) is 5.65. The van der Waals surface area contributed by atoms with Gasteiger partial charge in [-0.3, -0.25) is 0 Å². The molecule has 3 aliphatic rings. The molecule has 136 valence electrons. The molecule has 0 aliphatic heterocycles. The maximum Gasteiger partial charge on any atom is 0.115 e. The molecule has 25 heavy (non-hydrogen) atoms. The highest BCUT2D eigenvalue weighted by atomic mass is 127. The first-order chi connectivity index (χ1) is 12.0. The van der Waals surface area contributed by atoms with Gasteiger partial charge in [0.05, 0.1) is 11.8 Å². The van der Waals surface area contributed by atoms with Crippen LogP contribution in [0.5, 0.6) is 5.75 Å². The van der Waals surface area contributed by atoms with Crippen molar-refractivity contribution in [2.75, 3.05) is 4.43 Å². The van der Waals surface area contributed by atoms with Crippen LogP contribution >= 0.6 is 22.6 Å². The Morgan fingerprint density at radius 1 is 1.32 bits per heavy atom. The van der Waals surface area contributed by atoms with Gasteiger partial charge in [-0.15, -0.1) is 0 Å². The van der Waals surface area contributed by atoms with Crippen LogP contribution in [0.1, 0.15) is 49.7 Å². The van der Waals surface area contributed by atoms with E-state index in [1.54, 1.807) is 6.07 Å². The van der Waals surface area contributed by atoms with E-state index in [1.165, 1.54) is 11.1 Å². The predicted octanol–water partition coefficient (Wildman–Crippen LogP) is 4.10. The van der Waals surface area contributed by atoms with Gasteiger partial charge in [-0.05, 0) is 72.6 Å². The first-order valence-electron chi connectivity index (χ1n) is 9.26. The zero-order valence-electron chi connectivity index (χ0n) is 14.5. The first kappa shape index (κ1) is 17.6. The van der Waals surface area contributed by atoms with Crippen LogP contribution < -0.4 is 0 Å². The molecule has 1 aromatic carbocycles. The van der Waals surface area contributed by atoms with Gasteiger partial charge in [0.2, 0.25) is 0 Å². The number of aryl methyl sites for hydroxylation is 1. The lowest BCUT2D eigenvalue weighted by atomic mass is 9.53. The lowest BCUT2D eigenvalue weighted by Crippen LogP contribution is -2.50. The fraction of sp³-hybridized carbons (Fsp3) is 0.650. The third-order valence-corrected chi connectivity index (χ3v) is 8.13. The van der Waals surface area contributed by atoms with Crippen LogP contribution in [0, 0.1) is 23.2 Å². The fourth-order valence-electron chi connectivity index (χ4n) is 6.39. The van der Waals surface area contributed by atoms with E-state index in [9.17, 15) is 15.4 Å². The van der Waals surface area contributed by atoms with Crippen LogP contribution in [0.4, 0.5) is 0 Å². The molecule has 0 bridgehead atoms. The highest BCUT2D eigenvalue weighted by Gasteiger charge is 2.58. The van der Waals surface area contributed by atoms with Gasteiger partial charge < -0.3 is 15.4 Å². The molecule has 3 N–H and O–H groups in total. The second-order valence-corrected chi connectivity index (χ2v) is 9.11. The van der Waals surface area contributed by atoms with Gasteiger partial charge >= 0.3 is 0 Å². The van der Waals surface area contributed by atoms with E-state index in [0.29, 0.717) is 17.6 Å². The summed E-state index contributed by atoms with van der Waals surface area (Å²) in [7, 11) is 0.